The van der Waals surface area contributed by atoms with E-state index in [9.17, 15) is 22.4 Å². The fraction of sp³-hybridized carbons (Fsp3) is 0.556. The minimum Gasteiger partial charge on any atom is -0.455 e. The van der Waals surface area contributed by atoms with Crippen LogP contribution in [0.15, 0.2) is 29.2 Å². The smallest absolute Gasteiger partial charge is 0.309 e. The standard InChI is InChI=1S/C18H25FN2O5S/c1-3-20(4-2)17(22)13-26-18(23)14-9-11-21(12-10-14)27(24,25)16-8-6-5-7-15(16)19/h5-8,14H,3-4,9-13H2,1-2H3. The van der Waals surface area contributed by atoms with Gasteiger partial charge in [0.15, 0.2) is 6.61 Å². The average Bonchev–Trinajstić information content (AvgIpc) is 2.67. The van der Waals surface area contributed by atoms with Gasteiger partial charge in [0.2, 0.25) is 10.0 Å². The molecular formula is C18H25FN2O5S. The van der Waals surface area contributed by atoms with Crippen LogP contribution in [0.1, 0.15) is 26.7 Å². The van der Waals surface area contributed by atoms with E-state index >= 15 is 0 Å². The molecule has 0 bridgehead atoms. The third-order valence-electron chi connectivity index (χ3n) is 4.70. The number of sulfonamides is 1. The molecule has 0 spiro atoms. The van der Waals surface area contributed by atoms with Crippen LogP contribution in [0.3, 0.4) is 0 Å². The van der Waals surface area contributed by atoms with Gasteiger partial charge in [0.05, 0.1) is 5.92 Å². The lowest BCUT2D eigenvalue weighted by atomic mass is 9.98. The SMILES string of the molecule is CCN(CC)C(=O)COC(=O)C1CCN(S(=O)(=O)c2ccccc2F)CC1. The number of likely N-dealkylation sites (N-methyl/N-ethyl adjacent to an activating group) is 1. The third kappa shape index (κ3) is 5.04. The molecule has 1 saturated heterocycles. The molecule has 0 atom stereocenters. The van der Waals surface area contributed by atoms with E-state index in [2.05, 4.69) is 0 Å². The van der Waals surface area contributed by atoms with Gasteiger partial charge in [-0.1, -0.05) is 12.1 Å². The summed E-state index contributed by atoms with van der Waals surface area (Å²) in [5.41, 5.74) is 0. The van der Waals surface area contributed by atoms with Gasteiger partial charge in [-0.3, -0.25) is 9.59 Å². The summed E-state index contributed by atoms with van der Waals surface area (Å²) in [7, 11) is -3.94. The molecule has 0 aromatic heterocycles. The van der Waals surface area contributed by atoms with Gasteiger partial charge in [-0.15, -0.1) is 0 Å². The van der Waals surface area contributed by atoms with Crippen molar-refractivity contribution in [1.29, 1.82) is 0 Å². The Kier molecular flexibility index (Phi) is 7.32. The van der Waals surface area contributed by atoms with Crippen LogP contribution in [-0.2, 0) is 24.3 Å². The van der Waals surface area contributed by atoms with E-state index < -0.39 is 27.7 Å². The zero-order valence-corrected chi connectivity index (χ0v) is 16.4. The molecule has 150 valence electrons. The Labute approximate surface area is 159 Å². The molecule has 27 heavy (non-hydrogen) atoms. The highest BCUT2D eigenvalue weighted by molar-refractivity contribution is 7.89. The molecule has 1 aliphatic heterocycles. The average molecular weight is 400 g/mol. The maximum atomic E-state index is 13.8. The maximum absolute atomic E-state index is 13.8. The summed E-state index contributed by atoms with van der Waals surface area (Å²) in [6.07, 6.45) is 0.540. The molecule has 1 aromatic carbocycles. The molecule has 7 nitrogen and oxygen atoms in total. The molecule has 0 N–H and O–H groups in total. The van der Waals surface area contributed by atoms with Gasteiger partial charge in [-0.2, -0.15) is 4.31 Å². The number of piperidine rings is 1. The molecule has 0 radical (unpaired) electrons. The Morgan fingerprint density at radius 1 is 1.19 bits per heavy atom. The van der Waals surface area contributed by atoms with Gasteiger partial charge in [0, 0.05) is 26.2 Å². The molecule has 0 aliphatic carbocycles. The number of rotatable bonds is 7. The number of carbonyl (C=O) groups is 2. The number of carbonyl (C=O) groups excluding carboxylic acids is 2. The zero-order valence-electron chi connectivity index (χ0n) is 15.6. The van der Waals surface area contributed by atoms with E-state index in [1.54, 1.807) is 4.90 Å². The number of ether oxygens (including phenoxy) is 1. The lowest BCUT2D eigenvalue weighted by molar-refractivity contribution is -0.156. The lowest BCUT2D eigenvalue weighted by Crippen LogP contribution is -2.41. The molecular weight excluding hydrogens is 375 g/mol. The highest BCUT2D eigenvalue weighted by Gasteiger charge is 2.34. The van der Waals surface area contributed by atoms with E-state index in [4.69, 9.17) is 4.74 Å². The summed E-state index contributed by atoms with van der Waals surface area (Å²) >= 11 is 0. The van der Waals surface area contributed by atoms with Gasteiger partial charge in [0.1, 0.15) is 10.7 Å². The first-order valence-corrected chi connectivity index (χ1v) is 10.4. The maximum Gasteiger partial charge on any atom is 0.309 e. The summed E-state index contributed by atoms with van der Waals surface area (Å²) in [5.74, 6) is -2.03. The van der Waals surface area contributed by atoms with Gasteiger partial charge < -0.3 is 9.64 Å². The zero-order chi connectivity index (χ0) is 20.0. The minimum absolute atomic E-state index is 0.0976. The van der Waals surface area contributed by atoms with E-state index in [1.165, 1.54) is 22.5 Å². The molecule has 0 unspecified atom stereocenters. The highest BCUT2D eigenvalue weighted by Crippen LogP contribution is 2.25. The monoisotopic (exact) mass is 400 g/mol. The van der Waals surface area contributed by atoms with Crippen LogP contribution in [0.5, 0.6) is 0 Å². The van der Waals surface area contributed by atoms with E-state index in [1.807, 2.05) is 13.8 Å². The predicted octanol–water partition coefficient (Wildman–Crippen LogP) is 1.64. The van der Waals surface area contributed by atoms with Crippen molar-refractivity contribution in [3.63, 3.8) is 0 Å². The molecule has 0 saturated carbocycles. The number of halogens is 1. The number of nitrogens with zero attached hydrogens (tertiary/aromatic N) is 2. The number of esters is 1. The normalized spacial score (nSPS) is 16.1. The first kappa shape index (κ1) is 21.3. The van der Waals surface area contributed by atoms with E-state index in [-0.39, 0.29) is 43.3 Å². The lowest BCUT2D eigenvalue weighted by Gasteiger charge is -2.30. The number of benzene rings is 1. The van der Waals surface area contributed by atoms with Crippen molar-refractivity contribution < 1.29 is 27.1 Å². The Bertz CT molecular complexity index is 772. The highest BCUT2D eigenvalue weighted by atomic mass is 32.2. The van der Waals surface area contributed by atoms with Crippen molar-refractivity contribution in [3.8, 4) is 0 Å². The Hall–Kier alpha value is -2.00. The second-order valence-electron chi connectivity index (χ2n) is 6.28. The van der Waals surface area contributed by atoms with Crippen LogP contribution in [0.4, 0.5) is 4.39 Å². The quantitative estimate of drug-likeness (QED) is 0.650. The van der Waals surface area contributed by atoms with Crippen molar-refractivity contribution in [3.05, 3.63) is 30.1 Å². The minimum atomic E-state index is -3.94. The second kappa shape index (κ2) is 9.27. The number of amides is 1. The fourth-order valence-corrected chi connectivity index (χ4v) is 4.58. The fourth-order valence-electron chi connectivity index (χ4n) is 3.04. The van der Waals surface area contributed by atoms with Crippen molar-refractivity contribution in [2.75, 3.05) is 32.8 Å². The Morgan fingerprint density at radius 2 is 1.78 bits per heavy atom. The van der Waals surface area contributed by atoms with Gasteiger partial charge in [0.25, 0.3) is 5.91 Å². The van der Waals surface area contributed by atoms with Crippen LogP contribution in [0, 0.1) is 11.7 Å². The molecule has 1 aliphatic rings. The van der Waals surface area contributed by atoms with Crippen LogP contribution in [0.2, 0.25) is 0 Å². The van der Waals surface area contributed by atoms with Crippen LogP contribution >= 0.6 is 0 Å². The Balaban J connectivity index is 1.90. The summed E-state index contributed by atoms with van der Waals surface area (Å²) < 4.78 is 45.2. The molecule has 9 heteroatoms. The topological polar surface area (TPSA) is 84.0 Å². The molecule has 2 rings (SSSR count). The molecule has 1 heterocycles. The van der Waals surface area contributed by atoms with E-state index in [0.29, 0.717) is 13.1 Å². The van der Waals surface area contributed by atoms with Crippen LogP contribution in [-0.4, -0.2) is 62.3 Å². The number of hydrogen-bond acceptors (Lipinski definition) is 5. The summed E-state index contributed by atoms with van der Waals surface area (Å²) in [6.45, 7) is 4.65. The molecule has 1 fully saturated rings. The predicted molar refractivity (Wildman–Crippen MR) is 96.8 cm³/mol. The van der Waals surface area contributed by atoms with Gasteiger partial charge in [-0.05, 0) is 38.8 Å². The van der Waals surface area contributed by atoms with Crippen molar-refractivity contribution in [1.82, 2.24) is 9.21 Å². The van der Waals surface area contributed by atoms with Crippen molar-refractivity contribution in [2.45, 2.75) is 31.6 Å². The first-order valence-electron chi connectivity index (χ1n) is 9.00. The number of hydrogen-bond donors (Lipinski definition) is 0. The molecule has 1 aromatic rings. The summed E-state index contributed by atoms with van der Waals surface area (Å²) in [5, 5.41) is 0. The van der Waals surface area contributed by atoms with Gasteiger partial charge in [-0.25, -0.2) is 12.8 Å². The van der Waals surface area contributed by atoms with Crippen LogP contribution < -0.4 is 0 Å². The summed E-state index contributed by atoms with van der Waals surface area (Å²) in [4.78, 5) is 25.3. The van der Waals surface area contributed by atoms with E-state index in [0.717, 1.165) is 6.07 Å². The first-order chi connectivity index (χ1) is 12.8. The second-order valence-corrected chi connectivity index (χ2v) is 8.19. The largest absolute Gasteiger partial charge is 0.455 e. The Morgan fingerprint density at radius 3 is 2.33 bits per heavy atom. The van der Waals surface area contributed by atoms with Crippen molar-refractivity contribution in [2.24, 2.45) is 5.92 Å². The van der Waals surface area contributed by atoms with Crippen molar-refractivity contribution >= 4 is 21.9 Å². The summed E-state index contributed by atoms with van der Waals surface area (Å²) in [6, 6.07) is 5.22. The van der Waals surface area contributed by atoms with Gasteiger partial charge >= 0.3 is 5.97 Å². The van der Waals surface area contributed by atoms with Crippen LogP contribution in [0.25, 0.3) is 0 Å². The molecule has 1 amide bonds. The third-order valence-corrected chi connectivity index (χ3v) is 6.63.